The Hall–Kier alpha value is -1.68. The summed E-state index contributed by atoms with van der Waals surface area (Å²) < 4.78 is 5.68. The normalized spacial score (nSPS) is 11.2. The lowest BCUT2D eigenvalue weighted by molar-refractivity contribution is 0.309. The monoisotopic (exact) mass is 295 g/mol. The lowest BCUT2D eigenvalue weighted by atomic mass is 10.2. The van der Waals surface area contributed by atoms with E-state index < -0.39 is 0 Å². The number of hydrogen-bond acceptors (Lipinski definition) is 2. The number of guanidine groups is 1. The van der Waals surface area contributed by atoms with Crippen molar-refractivity contribution in [1.82, 2.24) is 5.32 Å². The molecule has 0 heterocycles. The summed E-state index contributed by atoms with van der Waals surface area (Å²) in [4.78, 5) is 4.13. The molecule has 0 amide bonds. The fourth-order valence-electron chi connectivity index (χ4n) is 1.52. The fourth-order valence-corrected chi connectivity index (χ4v) is 1.75. The van der Waals surface area contributed by atoms with Crippen LogP contribution in [0.4, 0.5) is 0 Å². The molecule has 1 rings (SSSR count). The number of nitrogens with two attached hydrogens (primary N) is 1. The standard InChI is InChI=1S/C15H22ClN3O/c1-11(2)10-19-15(17)18-7-4-8-20-14-6-5-13(16)9-12(14)3/h5-6,9H,1,4,7-8,10H2,2-3H3,(H3,17,18,19). The number of aryl methyl sites for hydroxylation is 1. The number of ether oxygens (including phenoxy) is 1. The zero-order valence-electron chi connectivity index (χ0n) is 12.1. The Bertz CT molecular complexity index is 486. The maximum atomic E-state index is 5.89. The predicted molar refractivity (Wildman–Crippen MR) is 85.6 cm³/mol. The minimum absolute atomic E-state index is 0.440. The van der Waals surface area contributed by atoms with Crippen LogP contribution in [-0.4, -0.2) is 25.7 Å². The van der Waals surface area contributed by atoms with Gasteiger partial charge in [-0.25, -0.2) is 4.99 Å². The van der Waals surface area contributed by atoms with E-state index in [1.807, 2.05) is 32.0 Å². The summed E-state index contributed by atoms with van der Waals surface area (Å²) in [7, 11) is 0. The first kappa shape index (κ1) is 16.4. The van der Waals surface area contributed by atoms with Crippen molar-refractivity contribution < 1.29 is 4.74 Å². The molecule has 0 spiro atoms. The van der Waals surface area contributed by atoms with Crippen molar-refractivity contribution in [3.63, 3.8) is 0 Å². The van der Waals surface area contributed by atoms with Crippen LogP contribution >= 0.6 is 11.6 Å². The van der Waals surface area contributed by atoms with Gasteiger partial charge in [0, 0.05) is 11.6 Å². The van der Waals surface area contributed by atoms with Gasteiger partial charge in [0.1, 0.15) is 5.75 Å². The molecule has 0 fully saturated rings. The summed E-state index contributed by atoms with van der Waals surface area (Å²) in [6.07, 6.45) is 0.839. The fraction of sp³-hybridized carbons (Fsp3) is 0.400. The SMILES string of the molecule is C=C(C)CN=C(N)NCCCOc1ccc(Cl)cc1C. The van der Waals surface area contributed by atoms with Gasteiger partial charge in [0.25, 0.3) is 0 Å². The van der Waals surface area contributed by atoms with Gasteiger partial charge in [-0.1, -0.05) is 23.8 Å². The molecule has 0 bridgehead atoms. The Morgan fingerprint density at radius 2 is 2.25 bits per heavy atom. The second-order valence-electron chi connectivity index (χ2n) is 4.70. The number of aliphatic imine (C=N–C) groups is 1. The van der Waals surface area contributed by atoms with Crippen LogP contribution in [-0.2, 0) is 0 Å². The highest BCUT2D eigenvalue weighted by molar-refractivity contribution is 6.30. The number of nitrogens with one attached hydrogen (secondary N) is 1. The van der Waals surface area contributed by atoms with Gasteiger partial charge in [0.05, 0.1) is 13.2 Å². The number of benzene rings is 1. The van der Waals surface area contributed by atoms with Crippen molar-refractivity contribution >= 4 is 17.6 Å². The Morgan fingerprint density at radius 1 is 1.50 bits per heavy atom. The number of halogens is 1. The summed E-state index contributed by atoms with van der Waals surface area (Å²) in [5.74, 6) is 1.30. The van der Waals surface area contributed by atoms with Crippen molar-refractivity contribution in [3.8, 4) is 5.75 Å². The quantitative estimate of drug-likeness (QED) is 0.352. The average Bonchev–Trinajstić information content (AvgIpc) is 2.38. The van der Waals surface area contributed by atoms with Crippen molar-refractivity contribution in [2.75, 3.05) is 19.7 Å². The Kier molecular flexibility index (Phi) is 6.94. The largest absolute Gasteiger partial charge is 0.493 e. The molecule has 1 aromatic carbocycles. The molecule has 110 valence electrons. The second-order valence-corrected chi connectivity index (χ2v) is 5.13. The van der Waals surface area contributed by atoms with Crippen LogP contribution in [0.5, 0.6) is 5.75 Å². The molecule has 0 aliphatic heterocycles. The molecule has 4 nitrogen and oxygen atoms in total. The van der Waals surface area contributed by atoms with Crippen LogP contribution in [0, 0.1) is 6.92 Å². The van der Waals surface area contributed by atoms with Crippen LogP contribution in [0.3, 0.4) is 0 Å². The highest BCUT2D eigenvalue weighted by atomic mass is 35.5. The van der Waals surface area contributed by atoms with Gasteiger partial charge in [0.15, 0.2) is 5.96 Å². The average molecular weight is 296 g/mol. The third kappa shape index (κ3) is 6.48. The molecule has 0 unspecified atom stereocenters. The van der Waals surface area contributed by atoms with Crippen molar-refractivity contribution in [2.45, 2.75) is 20.3 Å². The lowest BCUT2D eigenvalue weighted by Crippen LogP contribution is -2.33. The smallest absolute Gasteiger partial charge is 0.188 e. The topological polar surface area (TPSA) is 59.6 Å². The maximum Gasteiger partial charge on any atom is 0.188 e. The van der Waals surface area contributed by atoms with E-state index in [-0.39, 0.29) is 0 Å². The summed E-state index contributed by atoms with van der Waals surface area (Å²) in [5.41, 5.74) is 7.72. The van der Waals surface area contributed by atoms with Gasteiger partial charge in [-0.15, -0.1) is 0 Å². The summed E-state index contributed by atoms with van der Waals surface area (Å²) in [5, 5.41) is 3.75. The Labute approximate surface area is 125 Å². The van der Waals surface area contributed by atoms with Crippen molar-refractivity contribution in [3.05, 3.63) is 40.9 Å². The molecular weight excluding hydrogens is 274 g/mol. The third-order valence-corrected chi connectivity index (χ3v) is 2.78. The first-order valence-electron chi connectivity index (χ1n) is 6.56. The van der Waals surface area contributed by atoms with E-state index in [4.69, 9.17) is 22.1 Å². The van der Waals surface area contributed by atoms with E-state index in [1.165, 1.54) is 0 Å². The molecule has 20 heavy (non-hydrogen) atoms. The van der Waals surface area contributed by atoms with Gasteiger partial charge in [-0.05, 0) is 44.0 Å². The summed E-state index contributed by atoms with van der Waals surface area (Å²) in [6, 6.07) is 5.59. The van der Waals surface area contributed by atoms with E-state index in [0.717, 1.165) is 34.9 Å². The third-order valence-electron chi connectivity index (χ3n) is 2.54. The van der Waals surface area contributed by atoms with Crippen LogP contribution in [0.25, 0.3) is 0 Å². The van der Waals surface area contributed by atoms with E-state index in [1.54, 1.807) is 0 Å². The number of rotatable bonds is 7. The van der Waals surface area contributed by atoms with E-state index >= 15 is 0 Å². The van der Waals surface area contributed by atoms with Gasteiger partial charge in [-0.2, -0.15) is 0 Å². The molecular formula is C15H22ClN3O. The van der Waals surface area contributed by atoms with Crippen LogP contribution < -0.4 is 15.8 Å². The molecule has 0 saturated carbocycles. The van der Waals surface area contributed by atoms with Crippen molar-refractivity contribution in [1.29, 1.82) is 0 Å². The van der Waals surface area contributed by atoms with Gasteiger partial charge in [-0.3, -0.25) is 0 Å². The van der Waals surface area contributed by atoms with E-state index in [9.17, 15) is 0 Å². The number of hydrogen-bond donors (Lipinski definition) is 2. The molecule has 0 saturated heterocycles. The highest BCUT2D eigenvalue weighted by Gasteiger charge is 2.00. The van der Waals surface area contributed by atoms with Crippen LogP contribution in [0.2, 0.25) is 5.02 Å². The van der Waals surface area contributed by atoms with Crippen molar-refractivity contribution in [2.24, 2.45) is 10.7 Å². The first-order valence-corrected chi connectivity index (χ1v) is 6.94. The molecule has 0 aliphatic rings. The lowest BCUT2D eigenvalue weighted by Gasteiger charge is -2.10. The maximum absolute atomic E-state index is 5.89. The minimum Gasteiger partial charge on any atom is -0.493 e. The molecule has 0 aliphatic carbocycles. The molecule has 3 N–H and O–H groups in total. The van der Waals surface area contributed by atoms with Gasteiger partial charge < -0.3 is 15.8 Å². The van der Waals surface area contributed by atoms with Crippen LogP contribution in [0.15, 0.2) is 35.3 Å². The molecule has 0 aromatic heterocycles. The van der Waals surface area contributed by atoms with E-state index in [0.29, 0.717) is 19.1 Å². The van der Waals surface area contributed by atoms with E-state index in [2.05, 4.69) is 16.9 Å². The molecule has 0 atom stereocenters. The van der Waals surface area contributed by atoms with Crippen LogP contribution in [0.1, 0.15) is 18.9 Å². The molecule has 5 heteroatoms. The Morgan fingerprint density at radius 3 is 2.90 bits per heavy atom. The molecule has 0 radical (unpaired) electrons. The summed E-state index contributed by atoms with van der Waals surface area (Å²) in [6.45, 7) is 9.54. The van der Waals surface area contributed by atoms with Gasteiger partial charge >= 0.3 is 0 Å². The highest BCUT2D eigenvalue weighted by Crippen LogP contribution is 2.21. The minimum atomic E-state index is 0.440. The number of nitrogens with zero attached hydrogens (tertiary/aromatic N) is 1. The zero-order valence-corrected chi connectivity index (χ0v) is 12.8. The zero-order chi connectivity index (χ0) is 15.0. The predicted octanol–water partition coefficient (Wildman–Crippen LogP) is 2.90. The second kappa shape index (κ2) is 8.48. The first-order chi connectivity index (χ1) is 9.49. The Balaban J connectivity index is 2.22. The van der Waals surface area contributed by atoms with Gasteiger partial charge in [0.2, 0.25) is 0 Å². The summed E-state index contributed by atoms with van der Waals surface area (Å²) >= 11 is 5.89. The molecule has 1 aromatic rings.